The van der Waals surface area contributed by atoms with E-state index < -0.39 is 0 Å². The van der Waals surface area contributed by atoms with Gasteiger partial charge in [0.15, 0.2) is 0 Å². The number of unbranched alkanes of at least 4 members (excludes halogenated alkanes) is 3. The van der Waals surface area contributed by atoms with E-state index in [0.29, 0.717) is 0 Å². The van der Waals surface area contributed by atoms with Crippen LogP contribution in [0.1, 0.15) is 64.7 Å². The van der Waals surface area contributed by atoms with Crippen molar-refractivity contribution in [1.82, 2.24) is 5.32 Å². The number of hydrogen-bond acceptors (Lipinski definition) is 3. The molecule has 0 aromatic carbocycles. The van der Waals surface area contributed by atoms with E-state index in [1.54, 1.807) is 0 Å². The van der Waals surface area contributed by atoms with E-state index >= 15 is 0 Å². The molecule has 1 rings (SSSR count). The zero-order chi connectivity index (χ0) is 18.2. The van der Waals surface area contributed by atoms with Gasteiger partial charge in [-0.2, -0.15) is 0 Å². The van der Waals surface area contributed by atoms with Crippen LogP contribution in [0.5, 0.6) is 0 Å². The molecule has 1 saturated heterocycles. The summed E-state index contributed by atoms with van der Waals surface area (Å²) in [6.07, 6.45) is 26.9. The van der Waals surface area contributed by atoms with Crippen molar-refractivity contribution < 1.29 is 9.59 Å². The van der Waals surface area contributed by atoms with Gasteiger partial charge in [-0.05, 0) is 44.9 Å². The smallest absolute Gasteiger partial charge is 0.286 e. The van der Waals surface area contributed by atoms with Gasteiger partial charge in [-0.15, -0.1) is 0 Å². The number of carbonyl (C=O) groups is 2. The lowest BCUT2D eigenvalue weighted by atomic mass is 10.1. The van der Waals surface area contributed by atoms with Gasteiger partial charge in [-0.3, -0.25) is 14.9 Å². The van der Waals surface area contributed by atoms with Crippen LogP contribution in [0.4, 0.5) is 4.79 Å². The van der Waals surface area contributed by atoms with E-state index in [0.717, 1.165) is 69.5 Å². The number of imide groups is 1. The van der Waals surface area contributed by atoms with Crippen LogP contribution < -0.4 is 5.32 Å². The minimum atomic E-state index is -0.199. The van der Waals surface area contributed by atoms with Crippen molar-refractivity contribution in [2.45, 2.75) is 70.0 Å². The monoisotopic (exact) mass is 361 g/mol. The molecule has 1 N–H and O–H groups in total. The third-order valence-corrected chi connectivity index (χ3v) is 4.87. The summed E-state index contributed by atoms with van der Waals surface area (Å²) in [6, 6.07) is 0. The summed E-state index contributed by atoms with van der Waals surface area (Å²) in [6.45, 7) is 2.15. The molecule has 1 unspecified atom stereocenters. The van der Waals surface area contributed by atoms with Crippen molar-refractivity contribution in [3.63, 3.8) is 0 Å². The molecule has 3 nitrogen and oxygen atoms in total. The van der Waals surface area contributed by atoms with Gasteiger partial charge in [-0.25, -0.2) is 0 Å². The predicted octanol–water partition coefficient (Wildman–Crippen LogP) is 6.09. The molecule has 1 fully saturated rings. The van der Waals surface area contributed by atoms with Crippen LogP contribution in [0.3, 0.4) is 0 Å². The Morgan fingerprint density at radius 2 is 1.44 bits per heavy atom. The molecule has 0 saturated carbocycles. The molecule has 0 radical (unpaired) electrons. The molecule has 1 aliphatic heterocycles. The Bertz CT molecular complexity index is 506. The third kappa shape index (κ3) is 11.6. The Balaban J connectivity index is 1.91. The molecule has 0 aromatic rings. The maximum absolute atomic E-state index is 11.4. The van der Waals surface area contributed by atoms with Crippen molar-refractivity contribution >= 4 is 22.9 Å². The Hall–Kier alpha value is -1.55. The summed E-state index contributed by atoms with van der Waals surface area (Å²) in [5, 5.41) is 1.97. The van der Waals surface area contributed by atoms with Gasteiger partial charge in [0.05, 0.1) is 5.25 Å². The van der Waals surface area contributed by atoms with Crippen LogP contribution in [-0.4, -0.2) is 16.4 Å². The highest BCUT2D eigenvalue weighted by Crippen LogP contribution is 2.24. The average Bonchev–Trinajstić information content (AvgIpc) is 2.92. The zero-order valence-corrected chi connectivity index (χ0v) is 16.1. The minimum absolute atomic E-state index is 0.117. The molecule has 0 aromatic heterocycles. The fourth-order valence-corrected chi connectivity index (χ4v) is 3.32. The number of carbonyl (C=O) groups excluding carboxylic acids is 2. The van der Waals surface area contributed by atoms with Crippen LogP contribution >= 0.6 is 11.8 Å². The first-order chi connectivity index (χ1) is 12.2. The first-order valence-electron chi connectivity index (χ1n) is 9.35. The van der Waals surface area contributed by atoms with Crippen LogP contribution in [0.25, 0.3) is 0 Å². The van der Waals surface area contributed by atoms with Crippen LogP contribution in [0.2, 0.25) is 0 Å². The van der Waals surface area contributed by atoms with Gasteiger partial charge in [0.2, 0.25) is 5.91 Å². The summed E-state index contributed by atoms with van der Waals surface area (Å²) < 4.78 is 0. The lowest BCUT2D eigenvalue weighted by Gasteiger charge is -2.03. The largest absolute Gasteiger partial charge is 0.286 e. The molecule has 4 heteroatoms. The van der Waals surface area contributed by atoms with E-state index in [-0.39, 0.29) is 16.4 Å². The zero-order valence-electron chi connectivity index (χ0n) is 15.3. The Morgan fingerprint density at radius 1 is 0.840 bits per heavy atom. The van der Waals surface area contributed by atoms with Crippen molar-refractivity contribution in [3.8, 4) is 0 Å². The van der Waals surface area contributed by atoms with E-state index in [9.17, 15) is 9.59 Å². The van der Waals surface area contributed by atoms with Gasteiger partial charge in [0, 0.05) is 0 Å². The first-order valence-corrected chi connectivity index (χ1v) is 10.2. The maximum Gasteiger partial charge on any atom is 0.286 e. The highest BCUT2D eigenvalue weighted by Gasteiger charge is 2.30. The molecule has 138 valence electrons. The second kappa shape index (κ2) is 14.8. The standard InChI is InChI=1S/C21H31NO2S/c1-2-3-4-5-6-7-8-9-10-11-12-13-14-15-16-17-18-19-20(23)22-21(24)25-19/h3-4,6-7,9-10,12-13,19H,2,5,8,11,14-18H2,1H3,(H,22,23,24)/b4-3+,7-6-,10-9-,13-12-. The maximum atomic E-state index is 11.4. The number of rotatable bonds is 13. The molecule has 25 heavy (non-hydrogen) atoms. The van der Waals surface area contributed by atoms with Crippen molar-refractivity contribution in [2.75, 3.05) is 0 Å². The molecule has 1 atom stereocenters. The number of thioether (sulfide) groups is 1. The fourth-order valence-electron chi connectivity index (χ4n) is 2.45. The topological polar surface area (TPSA) is 46.2 Å². The van der Waals surface area contributed by atoms with Crippen LogP contribution in [-0.2, 0) is 4.79 Å². The molecule has 1 heterocycles. The number of hydrogen-bond donors (Lipinski definition) is 1. The van der Waals surface area contributed by atoms with E-state index in [2.05, 4.69) is 60.8 Å². The van der Waals surface area contributed by atoms with Crippen molar-refractivity contribution in [2.24, 2.45) is 0 Å². The second-order valence-corrected chi connectivity index (χ2v) is 7.20. The van der Waals surface area contributed by atoms with Gasteiger partial charge >= 0.3 is 0 Å². The average molecular weight is 362 g/mol. The molecule has 0 spiro atoms. The molecular weight excluding hydrogens is 330 g/mol. The number of amides is 2. The molecule has 0 aliphatic carbocycles. The van der Waals surface area contributed by atoms with Gasteiger partial charge in [-0.1, -0.05) is 80.1 Å². The lowest BCUT2D eigenvalue weighted by molar-refractivity contribution is -0.119. The highest BCUT2D eigenvalue weighted by atomic mass is 32.2. The summed E-state index contributed by atoms with van der Waals surface area (Å²) >= 11 is 1.13. The van der Waals surface area contributed by atoms with E-state index in [1.807, 2.05) is 0 Å². The molecule has 1 aliphatic rings. The van der Waals surface area contributed by atoms with Crippen molar-refractivity contribution in [1.29, 1.82) is 0 Å². The van der Waals surface area contributed by atoms with Crippen molar-refractivity contribution in [3.05, 3.63) is 48.6 Å². The first kappa shape index (κ1) is 21.5. The van der Waals surface area contributed by atoms with Crippen LogP contribution in [0.15, 0.2) is 48.6 Å². The molecule has 0 bridgehead atoms. The fraction of sp³-hybridized carbons (Fsp3) is 0.524. The second-order valence-electron chi connectivity index (χ2n) is 6.02. The van der Waals surface area contributed by atoms with Gasteiger partial charge in [0.1, 0.15) is 0 Å². The Morgan fingerprint density at radius 3 is 2.00 bits per heavy atom. The van der Waals surface area contributed by atoms with Gasteiger partial charge in [0.25, 0.3) is 5.24 Å². The summed E-state index contributed by atoms with van der Waals surface area (Å²) in [5.74, 6) is -0.117. The SMILES string of the molecule is CC/C=C/C/C=C\C/C=C\C/C=C\CCCCCC1SC(=O)NC1=O. The summed E-state index contributed by atoms with van der Waals surface area (Å²) in [4.78, 5) is 22.4. The summed E-state index contributed by atoms with van der Waals surface area (Å²) in [7, 11) is 0. The Kier molecular flexibility index (Phi) is 12.7. The third-order valence-electron chi connectivity index (χ3n) is 3.82. The van der Waals surface area contributed by atoms with Gasteiger partial charge < -0.3 is 0 Å². The minimum Gasteiger partial charge on any atom is -0.286 e. The summed E-state index contributed by atoms with van der Waals surface area (Å²) in [5.41, 5.74) is 0. The van der Waals surface area contributed by atoms with E-state index in [4.69, 9.17) is 0 Å². The number of nitrogens with one attached hydrogen (secondary N) is 1. The highest BCUT2D eigenvalue weighted by molar-refractivity contribution is 8.15. The quantitative estimate of drug-likeness (QED) is 0.319. The van der Waals surface area contributed by atoms with Crippen LogP contribution in [0, 0.1) is 0 Å². The van der Waals surface area contributed by atoms with E-state index in [1.165, 1.54) is 0 Å². The lowest BCUT2D eigenvalue weighted by Crippen LogP contribution is -2.23. The molecule has 2 amide bonds. The number of allylic oxidation sites excluding steroid dienone is 8. The molecular formula is C21H31NO2S. The predicted molar refractivity (Wildman–Crippen MR) is 109 cm³/mol. The normalized spacial score (nSPS) is 18.5. The Labute approximate surface area is 156 Å².